The molecule has 0 saturated heterocycles. The van der Waals surface area contributed by atoms with Gasteiger partial charge in [0.1, 0.15) is 17.9 Å². The minimum atomic E-state index is -0.472. The van der Waals surface area contributed by atoms with Gasteiger partial charge in [-0.1, -0.05) is 12.1 Å². The van der Waals surface area contributed by atoms with Crippen molar-refractivity contribution in [3.63, 3.8) is 0 Å². The van der Waals surface area contributed by atoms with Crippen molar-refractivity contribution in [2.45, 2.75) is 25.8 Å². The molecule has 1 atom stereocenters. The highest BCUT2D eigenvalue weighted by Gasteiger charge is 2.30. The fourth-order valence-corrected chi connectivity index (χ4v) is 1.82. The molecular formula is C14H19NO3. The van der Waals surface area contributed by atoms with Crippen LogP contribution in [-0.4, -0.2) is 36.4 Å². The van der Waals surface area contributed by atoms with Gasteiger partial charge in [-0.2, -0.15) is 0 Å². The maximum Gasteiger partial charge on any atom is 0.188 e. The third kappa shape index (κ3) is 3.01. The van der Waals surface area contributed by atoms with E-state index in [0.29, 0.717) is 25.5 Å². The first-order chi connectivity index (χ1) is 8.65. The van der Waals surface area contributed by atoms with Crippen molar-refractivity contribution < 1.29 is 14.6 Å². The zero-order chi connectivity index (χ0) is 13.0. The normalized spacial score (nSPS) is 22.5. The van der Waals surface area contributed by atoms with Gasteiger partial charge in [-0.05, 0) is 31.5 Å². The van der Waals surface area contributed by atoms with Gasteiger partial charge in [-0.15, -0.1) is 0 Å². The average molecular weight is 249 g/mol. The van der Waals surface area contributed by atoms with Crippen LogP contribution in [0.1, 0.15) is 19.4 Å². The van der Waals surface area contributed by atoms with Crippen molar-refractivity contribution in [1.82, 2.24) is 0 Å². The molecule has 0 spiro atoms. The van der Waals surface area contributed by atoms with Gasteiger partial charge in [0.25, 0.3) is 0 Å². The second-order valence-corrected chi connectivity index (χ2v) is 4.70. The molecule has 0 radical (unpaired) electrons. The van der Waals surface area contributed by atoms with Gasteiger partial charge in [0, 0.05) is 6.42 Å². The summed E-state index contributed by atoms with van der Waals surface area (Å²) in [5.74, 6) is 1.56. The van der Waals surface area contributed by atoms with E-state index in [1.807, 2.05) is 38.1 Å². The van der Waals surface area contributed by atoms with Crippen molar-refractivity contribution in [2.75, 3.05) is 19.8 Å². The van der Waals surface area contributed by atoms with Gasteiger partial charge in [-0.3, -0.25) is 0 Å². The van der Waals surface area contributed by atoms with E-state index in [1.54, 1.807) is 0 Å². The highest BCUT2D eigenvalue weighted by atomic mass is 16.5. The van der Waals surface area contributed by atoms with Crippen LogP contribution >= 0.6 is 0 Å². The third-order valence-electron chi connectivity index (χ3n) is 2.87. The summed E-state index contributed by atoms with van der Waals surface area (Å²) in [6.07, 6.45) is 0.655. The largest absolute Gasteiger partial charge is 0.494 e. The molecule has 0 amide bonds. The molecule has 1 aromatic rings. The molecule has 4 heteroatoms. The predicted molar refractivity (Wildman–Crippen MR) is 70.2 cm³/mol. The van der Waals surface area contributed by atoms with Crippen LogP contribution in [0, 0.1) is 0 Å². The Balaban J connectivity index is 2.00. The van der Waals surface area contributed by atoms with Gasteiger partial charge in [0.05, 0.1) is 13.2 Å². The Morgan fingerprint density at radius 1 is 1.39 bits per heavy atom. The van der Waals surface area contributed by atoms with Gasteiger partial charge in [-0.25, -0.2) is 4.99 Å². The Hall–Kier alpha value is -1.55. The molecule has 1 aliphatic rings. The van der Waals surface area contributed by atoms with Crippen LogP contribution in [0.3, 0.4) is 0 Å². The number of hydrogen-bond donors (Lipinski definition) is 1. The van der Waals surface area contributed by atoms with Crippen molar-refractivity contribution in [3.8, 4) is 5.75 Å². The third-order valence-corrected chi connectivity index (χ3v) is 2.87. The Morgan fingerprint density at radius 3 is 2.67 bits per heavy atom. The molecule has 1 aliphatic heterocycles. The Morgan fingerprint density at radius 2 is 2.11 bits per heavy atom. The quantitative estimate of drug-likeness (QED) is 0.865. The molecule has 0 bridgehead atoms. The van der Waals surface area contributed by atoms with E-state index in [0.717, 1.165) is 11.3 Å². The van der Waals surface area contributed by atoms with Crippen LogP contribution < -0.4 is 4.74 Å². The van der Waals surface area contributed by atoms with E-state index in [1.165, 1.54) is 0 Å². The molecular weight excluding hydrogens is 230 g/mol. The van der Waals surface area contributed by atoms with Crippen LogP contribution in [0.25, 0.3) is 0 Å². The SMILES string of the molecule is CCOc1ccc(CC2=N[C@](C)(CO)CO2)cc1. The summed E-state index contributed by atoms with van der Waals surface area (Å²) < 4.78 is 10.9. The summed E-state index contributed by atoms with van der Waals surface area (Å²) in [6.45, 7) is 4.99. The summed E-state index contributed by atoms with van der Waals surface area (Å²) in [4.78, 5) is 4.41. The molecule has 18 heavy (non-hydrogen) atoms. The zero-order valence-corrected chi connectivity index (χ0v) is 10.8. The van der Waals surface area contributed by atoms with Crippen molar-refractivity contribution in [3.05, 3.63) is 29.8 Å². The maximum absolute atomic E-state index is 9.20. The standard InChI is InChI=1S/C14H19NO3/c1-3-17-12-6-4-11(5-7-12)8-13-15-14(2,9-16)10-18-13/h4-7,16H,3,8-10H2,1-2H3/t14-/m1/s1. The molecule has 0 fully saturated rings. The first kappa shape index (κ1) is 12.9. The molecule has 1 aromatic carbocycles. The summed E-state index contributed by atoms with van der Waals surface area (Å²) in [7, 11) is 0. The monoisotopic (exact) mass is 249 g/mol. The minimum absolute atomic E-state index is 0.0137. The van der Waals surface area contributed by atoms with E-state index >= 15 is 0 Å². The Labute approximate surface area is 107 Å². The van der Waals surface area contributed by atoms with Gasteiger partial charge < -0.3 is 14.6 Å². The maximum atomic E-state index is 9.20. The summed E-state index contributed by atoms with van der Waals surface area (Å²) in [6, 6.07) is 7.90. The molecule has 1 N–H and O–H groups in total. The molecule has 0 aromatic heterocycles. The summed E-state index contributed by atoms with van der Waals surface area (Å²) in [5, 5.41) is 9.20. The predicted octanol–water partition coefficient (Wildman–Crippen LogP) is 1.81. The lowest BCUT2D eigenvalue weighted by Gasteiger charge is -2.12. The van der Waals surface area contributed by atoms with E-state index in [4.69, 9.17) is 9.47 Å². The molecule has 4 nitrogen and oxygen atoms in total. The van der Waals surface area contributed by atoms with Crippen LogP contribution in [0.2, 0.25) is 0 Å². The number of ether oxygens (including phenoxy) is 2. The van der Waals surface area contributed by atoms with Crippen molar-refractivity contribution in [1.29, 1.82) is 0 Å². The highest BCUT2D eigenvalue weighted by Crippen LogP contribution is 2.20. The van der Waals surface area contributed by atoms with E-state index in [2.05, 4.69) is 4.99 Å². The smallest absolute Gasteiger partial charge is 0.188 e. The Bertz CT molecular complexity index is 427. The molecule has 0 saturated carbocycles. The van der Waals surface area contributed by atoms with Gasteiger partial charge in [0.15, 0.2) is 5.90 Å². The lowest BCUT2D eigenvalue weighted by atomic mass is 10.1. The van der Waals surface area contributed by atoms with Crippen LogP contribution in [0.5, 0.6) is 5.75 Å². The number of aliphatic hydroxyl groups excluding tert-OH is 1. The number of nitrogens with zero attached hydrogens (tertiary/aromatic N) is 1. The molecule has 98 valence electrons. The van der Waals surface area contributed by atoms with Crippen LogP contribution in [0.15, 0.2) is 29.3 Å². The molecule has 0 unspecified atom stereocenters. The van der Waals surface area contributed by atoms with Gasteiger partial charge >= 0.3 is 0 Å². The van der Waals surface area contributed by atoms with Crippen LogP contribution in [-0.2, 0) is 11.2 Å². The number of aliphatic imine (C=N–C) groups is 1. The fourth-order valence-electron chi connectivity index (χ4n) is 1.82. The first-order valence-electron chi connectivity index (χ1n) is 6.19. The second kappa shape index (κ2) is 5.40. The molecule has 1 heterocycles. The second-order valence-electron chi connectivity index (χ2n) is 4.70. The lowest BCUT2D eigenvalue weighted by molar-refractivity contribution is 0.169. The average Bonchev–Trinajstić information content (AvgIpc) is 2.75. The molecule has 0 aliphatic carbocycles. The van der Waals surface area contributed by atoms with Crippen molar-refractivity contribution in [2.24, 2.45) is 4.99 Å². The lowest BCUT2D eigenvalue weighted by Crippen LogP contribution is -2.28. The highest BCUT2D eigenvalue weighted by molar-refractivity contribution is 5.80. The number of hydrogen-bond acceptors (Lipinski definition) is 4. The number of benzene rings is 1. The number of rotatable bonds is 5. The van der Waals surface area contributed by atoms with E-state index in [-0.39, 0.29) is 6.61 Å². The van der Waals surface area contributed by atoms with Crippen LogP contribution in [0.4, 0.5) is 0 Å². The summed E-state index contributed by atoms with van der Waals surface area (Å²) in [5.41, 5.74) is 0.653. The summed E-state index contributed by atoms with van der Waals surface area (Å²) >= 11 is 0. The van der Waals surface area contributed by atoms with E-state index in [9.17, 15) is 5.11 Å². The zero-order valence-electron chi connectivity index (χ0n) is 10.8. The fraction of sp³-hybridized carbons (Fsp3) is 0.500. The number of aliphatic hydroxyl groups is 1. The van der Waals surface area contributed by atoms with Gasteiger partial charge in [0.2, 0.25) is 0 Å². The minimum Gasteiger partial charge on any atom is -0.494 e. The van der Waals surface area contributed by atoms with Crippen molar-refractivity contribution >= 4 is 5.90 Å². The van der Waals surface area contributed by atoms with E-state index < -0.39 is 5.54 Å². The topological polar surface area (TPSA) is 51.0 Å². The Kier molecular flexibility index (Phi) is 3.87. The first-order valence-corrected chi connectivity index (χ1v) is 6.19. The molecule has 2 rings (SSSR count).